The van der Waals surface area contributed by atoms with Gasteiger partial charge in [0.15, 0.2) is 17.3 Å². The molecule has 30 heavy (non-hydrogen) atoms. The Labute approximate surface area is 174 Å². The zero-order valence-electron chi connectivity index (χ0n) is 16.8. The predicted octanol–water partition coefficient (Wildman–Crippen LogP) is 4.47. The lowest BCUT2D eigenvalue weighted by Crippen LogP contribution is -2.16. The molecular weight excluding hydrogens is 384 g/mol. The highest BCUT2D eigenvalue weighted by Gasteiger charge is 2.13. The van der Waals surface area contributed by atoms with Crippen molar-refractivity contribution in [3.8, 4) is 17.2 Å². The minimum absolute atomic E-state index is 0.159. The molecule has 0 spiro atoms. The predicted molar refractivity (Wildman–Crippen MR) is 111 cm³/mol. The van der Waals surface area contributed by atoms with Crippen molar-refractivity contribution >= 4 is 12.1 Å². The Morgan fingerprint density at radius 1 is 1.10 bits per heavy atom. The quantitative estimate of drug-likeness (QED) is 0.462. The Kier molecular flexibility index (Phi) is 5.70. The lowest BCUT2D eigenvalue weighted by molar-refractivity contribution is 0.0923. The van der Waals surface area contributed by atoms with E-state index < -0.39 is 5.91 Å². The Balaban J connectivity index is 1.29. The highest BCUT2D eigenvalue weighted by molar-refractivity contribution is 5.92. The molecule has 154 valence electrons. The van der Waals surface area contributed by atoms with Crippen LogP contribution >= 0.6 is 0 Å². The number of hydrogen-bond acceptors (Lipinski definition) is 6. The van der Waals surface area contributed by atoms with Gasteiger partial charge in [-0.05, 0) is 59.5 Å². The van der Waals surface area contributed by atoms with E-state index in [1.807, 2.05) is 30.3 Å². The molecule has 0 fully saturated rings. The summed E-state index contributed by atoms with van der Waals surface area (Å²) in [6.07, 6.45) is 1.52. The molecule has 0 unspecified atom stereocenters. The van der Waals surface area contributed by atoms with E-state index in [2.05, 4.69) is 24.4 Å². The van der Waals surface area contributed by atoms with Crippen LogP contribution in [-0.2, 0) is 6.61 Å². The van der Waals surface area contributed by atoms with Crippen molar-refractivity contribution in [3.63, 3.8) is 0 Å². The monoisotopic (exact) mass is 406 g/mol. The van der Waals surface area contributed by atoms with Gasteiger partial charge in [-0.25, -0.2) is 5.43 Å². The SMILES string of the molecule is CC(C)c1ccc(OCc2ccc(C(=O)N/N=C\c3ccc4c(c3)OCO4)o2)cc1. The third kappa shape index (κ3) is 4.63. The number of nitrogens with one attached hydrogen (secondary N) is 1. The Bertz CT molecular complexity index is 1050. The molecule has 1 amide bonds. The molecule has 0 saturated carbocycles. The summed E-state index contributed by atoms with van der Waals surface area (Å²) in [5, 5.41) is 3.96. The maximum Gasteiger partial charge on any atom is 0.307 e. The maximum absolute atomic E-state index is 12.2. The summed E-state index contributed by atoms with van der Waals surface area (Å²) in [7, 11) is 0. The molecule has 0 atom stereocenters. The smallest absolute Gasteiger partial charge is 0.307 e. The molecule has 1 aliphatic heterocycles. The Hall–Kier alpha value is -3.74. The van der Waals surface area contributed by atoms with E-state index in [1.165, 1.54) is 11.8 Å². The Morgan fingerprint density at radius 3 is 2.70 bits per heavy atom. The fraction of sp³-hybridized carbons (Fsp3) is 0.217. The number of carbonyl (C=O) groups is 1. The molecule has 7 nitrogen and oxygen atoms in total. The molecule has 1 N–H and O–H groups in total. The van der Waals surface area contributed by atoms with Crippen LogP contribution in [0.2, 0.25) is 0 Å². The number of furan rings is 1. The molecule has 0 radical (unpaired) electrons. The van der Waals surface area contributed by atoms with Gasteiger partial charge in [0.05, 0.1) is 6.21 Å². The molecule has 2 heterocycles. The van der Waals surface area contributed by atoms with Crippen LogP contribution in [0.15, 0.2) is 64.1 Å². The summed E-state index contributed by atoms with van der Waals surface area (Å²) >= 11 is 0. The first-order valence-corrected chi connectivity index (χ1v) is 9.63. The molecule has 1 aromatic heterocycles. The van der Waals surface area contributed by atoms with Crippen LogP contribution in [0.25, 0.3) is 0 Å². The van der Waals surface area contributed by atoms with Crippen LogP contribution in [0.4, 0.5) is 0 Å². The van der Waals surface area contributed by atoms with Crippen molar-refractivity contribution in [2.75, 3.05) is 6.79 Å². The molecule has 0 aliphatic carbocycles. The summed E-state index contributed by atoms with van der Waals surface area (Å²) < 4.78 is 21.8. The van der Waals surface area contributed by atoms with Crippen molar-refractivity contribution in [1.82, 2.24) is 5.43 Å². The molecule has 1 aliphatic rings. The highest BCUT2D eigenvalue weighted by Crippen LogP contribution is 2.32. The number of fused-ring (bicyclic) bond motifs is 1. The number of rotatable bonds is 7. The number of hydrazone groups is 1. The van der Waals surface area contributed by atoms with Gasteiger partial charge in [0.2, 0.25) is 6.79 Å². The molecular formula is C23H22N2O5. The number of hydrogen-bond donors (Lipinski definition) is 1. The van der Waals surface area contributed by atoms with Gasteiger partial charge in [-0.2, -0.15) is 5.10 Å². The third-order valence-electron chi connectivity index (χ3n) is 4.59. The van der Waals surface area contributed by atoms with E-state index in [9.17, 15) is 4.79 Å². The van der Waals surface area contributed by atoms with Crippen LogP contribution in [0.5, 0.6) is 17.2 Å². The average Bonchev–Trinajstić information content (AvgIpc) is 3.41. The van der Waals surface area contributed by atoms with Crippen molar-refractivity contribution in [2.24, 2.45) is 5.10 Å². The number of carbonyl (C=O) groups excluding carboxylic acids is 1. The summed E-state index contributed by atoms with van der Waals surface area (Å²) in [6, 6.07) is 16.6. The van der Waals surface area contributed by atoms with Gasteiger partial charge in [-0.1, -0.05) is 26.0 Å². The first kappa shape index (κ1) is 19.6. The normalized spacial score (nSPS) is 12.5. The van der Waals surface area contributed by atoms with E-state index >= 15 is 0 Å². The first-order valence-electron chi connectivity index (χ1n) is 9.63. The second kappa shape index (κ2) is 8.73. The van der Waals surface area contributed by atoms with Crippen LogP contribution in [-0.4, -0.2) is 18.9 Å². The summed E-state index contributed by atoms with van der Waals surface area (Å²) in [6.45, 7) is 4.73. The van der Waals surface area contributed by atoms with E-state index in [4.69, 9.17) is 18.6 Å². The summed E-state index contributed by atoms with van der Waals surface area (Å²) in [5.74, 6) is 2.82. The van der Waals surface area contributed by atoms with Crippen molar-refractivity contribution < 1.29 is 23.4 Å². The minimum Gasteiger partial charge on any atom is -0.486 e. The van der Waals surface area contributed by atoms with Crippen molar-refractivity contribution in [1.29, 1.82) is 0 Å². The van der Waals surface area contributed by atoms with Gasteiger partial charge >= 0.3 is 5.91 Å². The standard InChI is InChI=1S/C23H22N2O5/c1-15(2)17-4-6-18(7-5-17)27-13-19-8-10-21(30-19)23(26)25-24-12-16-3-9-20-22(11-16)29-14-28-20/h3-12,15H,13-14H2,1-2H3,(H,25,26)/b24-12-. The fourth-order valence-corrected chi connectivity index (χ4v) is 2.89. The van der Waals surface area contributed by atoms with Crippen LogP contribution in [0.1, 0.15) is 47.2 Å². The van der Waals surface area contributed by atoms with Crippen LogP contribution < -0.4 is 19.6 Å². The number of ether oxygens (including phenoxy) is 3. The molecule has 0 bridgehead atoms. The van der Waals surface area contributed by atoms with E-state index in [0.717, 1.165) is 11.3 Å². The molecule has 7 heteroatoms. The van der Waals surface area contributed by atoms with Gasteiger partial charge in [0.25, 0.3) is 0 Å². The van der Waals surface area contributed by atoms with Gasteiger partial charge in [0, 0.05) is 0 Å². The highest BCUT2D eigenvalue weighted by atomic mass is 16.7. The van der Waals surface area contributed by atoms with Gasteiger partial charge < -0.3 is 18.6 Å². The molecule has 4 rings (SSSR count). The number of nitrogens with zero attached hydrogens (tertiary/aromatic N) is 1. The zero-order chi connectivity index (χ0) is 20.9. The van der Waals surface area contributed by atoms with Gasteiger partial charge in [-0.3, -0.25) is 4.79 Å². The second-order valence-corrected chi connectivity index (χ2v) is 7.09. The van der Waals surface area contributed by atoms with Crippen molar-refractivity contribution in [3.05, 3.63) is 77.2 Å². The van der Waals surface area contributed by atoms with Crippen molar-refractivity contribution in [2.45, 2.75) is 26.4 Å². The van der Waals surface area contributed by atoms with E-state index in [-0.39, 0.29) is 19.2 Å². The molecule has 3 aromatic rings. The lowest BCUT2D eigenvalue weighted by Gasteiger charge is -2.07. The van der Waals surface area contributed by atoms with Crippen LogP contribution in [0, 0.1) is 0 Å². The Morgan fingerprint density at radius 2 is 1.90 bits per heavy atom. The molecule has 2 aromatic carbocycles. The summed E-state index contributed by atoms with van der Waals surface area (Å²) in [5.41, 5.74) is 4.47. The van der Waals surface area contributed by atoms with Gasteiger partial charge in [-0.15, -0.1) is 0 Å². The van der Waals surface area contributed by atoms with E-state index in [1.54, 1.807) is 24.3 Å². The zero-order valence-corrected chi connectivity index (χ0v) is 16.8. The fourth-order valence-electron chi connectivity index (χ4n) is 2.89. The van der Waals surface area contributed by atoms with E-state index in [0.29, 0.717) is 23.2 Å². The van der Waals surface area contributed by atoms with Crippen LogP contribution in [0.3, 0.4) is 0 Å². The first-order chi connectivity index (χ1) is 14.6. The minimum atomic E-state index is -0.445. The lowest BCUT2D eigenvalue weighted by atomic mass is 10.0. The third-order valence-corrected chi connectivity index (χ3v) is 4.59. The number of benzene rings is 2. The maximum atomic E-state index is 12.2. The summed E-state index contributed by atoms with van der Waals surface area (Å²) in [4.78, 5) is 12.2. The topological polar surface area (TPSA) is 82.3 Å². The molecule has 0 saturated heterocycles. The second-order valence-electron chi connectivity index (χ2n) is 7.09. The average molecular weight is 406 g/mol. The largest absolute Gasteiger partial charge is 0.486 e. The number of amides is 1. The van der Waals surface area contributed by atoms with Gasteiger partial charge in [0.1, 0.15) is 18.1 Å².